The van der Waals surface area contributed by atoms with E-state index in [9.17, 15) is 4.79 Å². The van der Waals surface area contributed by atoms with Gasteiger partial charge in [-0.3, -0.25) is 0 Å². The highest BCUT2D eigenvalue weighted by atomic mass is 79.9. The number of rotatable bonds is 4. The lowest BCUT2D eigenvalue weighted by molar-refractivity contribution is 0.0288. The first-order valence-corrected chi connectivity index (χ1v) is 8.56. The van der Waals surface area contributed by atoms with E-state index in [-0.39, 0.29) is 6.09 Å². The minimum atomic E-state index is -0.423. The Balaban J connectivity index is 1.71. The summed E-state index contributed by atoms with van der Waals surface area (Å²) >= 11 is 3.48. The van der Waals surface area contributed by atoms with Crippen molar-refractivity contribution in [3.8, 4) is 0 Å². The third-order valence-corrected chi connectivity index (χ3v) is 4.08. The van der Waals surface area contributed by atoms with Gasteiger partial charge in [-0.25, -0.2) is 4.79 Å². The third-order valence-electron chi connectivity index (χ3n) is 3.59. The largest absolute Gasteiger partial charge is 0.444 e. The van der Waals surface area contributed by atoms with E-state index in [0.29, 0.717) is 5.92 Å². The third kappa shape index (κ3) is 5.61. The summed E-state index contributed by atoms with van der Waals surface area (Å²) in [5.74, 6) is 0.500. The van der Waals surface area contributed by atoms with Crippen LogP contribution in [0.5, 0.6) is 0 Å². The number of benzene rings is 1. The molecule has 0 radical (unpaired) electrons. The molecule has 0 bridgehead atoms. The van der Waals surface area contributed by atoms with Crippen LogP contribution in [0.4, 0.5) is 4.79 Å². The van der Waals surface area contributed by atoms with Crippen molar-refractivity contribution in [2.24, 2.45) is 5.92 Å². The number of hydrogen-bond donors (Lipinski definition) is 1. The molecule has 5 heteroatoms. The maximum Gasteiger partial charge on any atom is 0.410 e. The lowest BCUT2D eigenvalue weighted by Gasteiger charge is -2.24. The van der Waals surface area contributed by atoms with Crippen molar-refractivity contribution in [2.75, 3.05) is 19.6 Å². The Hall–Kier alpha value is -1.07. The minimum Gasteiger partial charge on any atom is -0.444 e. The number of amides is 1. The van der Waals surface area contributed by atoms with Crippen LogP contribution < -0.4 is 5.32 Å². The number of hydrogen-bond acceptors (Lipinski definition) is 3. The number of halogens is 1. The zero-order valence-electron chi connectivity index (χ0n) is 13.6. The van der Waals surface area contributed by atoms with Gasteiger partial charge in [-0.15, -0.1) is 0 Å². The maximum atomic E-state index is 12.0. The Kier molecular flexibility index (Phi) is 5.87. The van der Waals surface area contributed by atoms with Gasteiger partial charge in [0.15, 0.2) is 0 Å². The first-order valence-electron chi connectivity index (χ1n) is 7.76. The average Bonchev–Trinajstić information content (AvgIpc) is 2.86. The van der Waals surface area contributed by atoms with Crippen molar-refractivity contribution in [2.45, 2.75) is 39.3 Å². The van der Waals surface area contributed by atoms with Crippen LogP contribution in [-0.2, 0) is 11.3 Å². The van der Waals surface area contributed by atoms with Gasteiger partial charge in [0, 0.05) is 30.7 Å². The van der Waals surface area contributed by atoms with Gasteiger partial charge in [0.1, 0.15) is 5.60 Å². The highest BCUT2D eigenvalue weighted by molar-refractivity contribution is 9.10. The SMILES string of the molecule is CC(C)(C)OC(=O)N1CCC(CNCc2cccc(Br)c2)C1. The van der Waals surface area contributed by atoms with E-state index in [1.165, 1.54) is 5.56 Å². The molecular formula is C17H25BrN2O2. The van der Waals surface area contributed by atoms with Gasteiger partial charge in [0.2, 0.25) is 0 Å². The fourth-order valence-corrected chi connectivity index (χ4v) is 3.01. The molecule has 1 fully saturated rings. The van der Waals surface area contributed by atoms with E-state index in [4.69, 9.17) is 4.74 Å². The van der Waals surface area contributed by atoms with Crippen LogP contribution in [-0.4, -0.2) is 36.2 Å². The highest BCUT2D eigenvalue weighted by Gasteiger charge is 2.29. The molecule has 4 nitrogen and oxygen atoms in total. The summed E-state index contributed by atoms with van der Waals surface area (Å²) < 4.78 is 6.52. The van der Waals surface area contributed by atoms with Crippen LogP contribution in [0.1, 0.15) is 32.8 Å². The van der Waals surface area contributed by atoms with Crippen molar-refractivity contribution < 1.29 is 9.53 Å². The Bertz CT molecular complexity index is 514. The summed E-state index contributed by atoms with van der Waals surface area (Å²) in [5, 5.41) is 3.48. The van der Waals surface area contributed by atoms with Gasteiger partial charge in [-0.05, 0) is 50.8 Å². The predicted molar refractivity (Wildman–Crippen MR) is 91.8 cm³/mol. The van der Waals surface area contributed by atoms with Gasteiger partial charge in [0.25, 0.3) is 0 Å². The Morgan fingerprint density at radius 1 is 1.45 bits per heavy atom. The second kappa shape index (κ2) is 7.47. The van der Waals surface area contributed by atoms with Crippen molar-refractivity contribution in [1.29, 1.82) is 0 Å². The number of nitrogens with zero attached hydrogens (tertiary/aromatic N) is 1. The molecule has 1 saturated heterocycles. The number of likely N-dealkylation sites (tertiary alicyclic amines) is 1. The molecule has 1 amide bonds. The van der Waals surface area contributed by atoms with Crippen molar-refractivity contribution in [3.05, 3.63) is 34.3 Å². The number of carbonyl (C=O) groups excluding carboxylic acids is 1. The maximum absolute atomic E-state index is 12.0. The molecule has 0 spiro atoms. The first-order chi connectivity index (χ1) is 10.3. The Labute approximate surface area is 141 Å². The molecule has 2 rings (SSSR count). The van der Waals surface area contributed by atoms with Gasteiger partial charge in [0.05, 0.1) is 0 Å². The predicted octanol–water partition coefficient (Wildman–Crippen LogP) is 3.80. The van der Waals surface area contributed by atoms with Crippen molar-refractivity contribution >= 4 is 22.0 Å². The van der Waals surface area contributed by atoms with Crippen molar-refractivity contribution in [3.63, 3.8) is 0 Å². The van der Waals surface area contributed by atoms with Crippen LogP contribution in [0.3, 0.4) is 0 Å². The zero-order valence-corrected chi connectivity index (χ0v) is 15.1. The van der Waals surface area contributed by atoms with E-state index in [1.807, 2.05) is 37.8 Å². The molecular weight excluding hydrogens is 344 g/mol. The van der Waals surface area contributed by atoms with E-state index < -0.39 is 5.60 Å². The molecule has 0 aliphatic carbocycles. The summed E-state index contributed by atoms with van der Waals surface area (Å²) in [6.07, 6.45) is 0.840. The first kappa shape index (κ1) is 17.3. The minimum absolute atomic E-state index is 0.193. The van der Waals surface area contributed by atoms with E-state index in [2.05, 4.69) is 33.4 Å². The molecule has 22 heavy (non-hydrogen) atoms. The lowest BCUT2D eigenvalue weighted by Crippen LogP contribution is -2.36. The van der Waals surface area contributed by atoms with Crippen LogP contribution in [0, 0.1) is 5.92 Å². The Morgan fingerprint density at radius 3 is 2.91 bits per heavy atom. The molecule has 122 valence electrons. The van der Waals surface area contributed by atoms with Gasteiger partial charge < -0.3 is 15.0 Å². The van der Waals surface area contributed by atoms with Crippen LogP contribution in [0.2, 0.25) is 0 Å². The average molecular weight is 369 g/mol. The fourth-order valence-electron chi connectivity index (χ4n) is 2.56. The molecule has 1 aromatic rings. The molecule has 1 aromatic carbocycles. The smallest absolute Gasteiger partial charge is 0.410 e. The van der Waals surface area contributed by atoms with Gasteiger partial charge >= 0.3 is 6.09 Å². The normalized spacial score (nSPS) is 18.5. The van der Waals surface area contributed by atoms with Gasteiger partial charge in [-0.2, -0.15) is 0 Å². The van der Waals surface area contributed by atoms with E-state index in [1.54, 1.807) is 0 Å². The lowest BCUT2D eigenvalue weighted by atomic mass is 10.1. The quantitative estimate of drug-likeness (QED) is 0.878. The number of ether oxygens (including phenoxy) is 1. The van der Waals surface area contributed by atoms with Gasteiger partial charge in [-0.1, -0.05) is 28.1 Å². The standard InChI is InChI=1S/C17H25BrN2O2/c1-17(2,3)22-16(21)20-8-7-14(12-20)11-19-10-13-5-4-6-15(18)9-13/h4-6,9,14,19H,7-8,10-12H2,1-3H3. The summed E-state index contributed by atoms with van der Waals surface area (Å²) in [4.78, 5) is 13.8. The topological polar surface area (TPSA) is 41.6 Å². The summed E-state index contributed by atoms with van der Waals surface area (Å²) in [5.41, 5.74) is 0.838. The number of carbonyl (C=O) groups is 1. The second-order valence-electron chi connectivity index (χ2n) is 6.84. The second-order valence-corrected chi connectivity index (χ2v) is 7.76. The fraction of sp³-hybridized carbons (Fsp3) is 0.588. The highest BCUT2D eigenvalue weighted by Crippen LogP contribution is 2.19. The molecule has 1 unspecified atom stereocenters. The molecule has 0 saturated carbocycles. The molecule has 1 heterocycles. The molecule has 0 aromatic heterocycles. The van der Waals surface area contributed by atoms with Crippen LogP contribution >= 0.6 is 15.9 Å². The van der Waals surface area contributed by atoms with Crippen LogP contribution in [0.15, 0.2) is 28.7 Å². The molecule has 1 aliphatic heterocycles. The number of nitrogens with one attached hydrogen (secondary N) is 1. The summed E-state index contributed by atoms with van der Waals surface area (Å²) in [6, 6.07) is 8.30. The molecule has 1 aliphatic rings. The zero-order chi connectivity index (χ0) is 16.2. The molecule has 1 N–H and O–H groups in total. The molecule has 1 atom stereocenters. The van der Waals surface area contributed by atoms with Crippen LogP contribution in [0.25, 0.3) is 0 Å². The van der Waals surface area contributed by atoms with Crippen molar-refractivity contribution in [1.82, 2.24) is 10.2 Å². The monoisotopic (exact) mass is 368 g/mol. The summed E-state index contributed by atoms with van der Waals surface area (Å²) in [6.45, 7) is 9.04. The Morgan fingerprint density at radius 2 is 2.23 bits per heavy atom. The van der Waals surface area contributed by atoms with E-state index in [0.717, 1.165) is 37.1 Å². The summed E-state index contributed by atoms with van der Waals surface area (Å²) in [7, 11) is 0. The van der Waals surface area contributed by atoms with E-state index >= 15 is 0 Å².